The molecule has 2 aromatic carbocycles. The average Bonchev–Trinajstić information content (AvgIpc) is 2.72. The van der Waals surface area contributed by atoms with Crippen molar-refractivity contribution in [2.24, 2.45) is 0 Å². The van der Waals surface area contributed by atoms with Crippen LogP contribution in [0, 0.1) is 25.2 Å². The maximum absolute atomic E-state index is 12.3. The number of thioether (sulfide) groups is 1. The Bertz CT molecular complexity index is 1070. The van der Waals surface area contributed by atoms with E-state index in [1.54, 1.807) is 18.2 Å². The molecule has 3 rings (SSSR count). The molecule has 0 bridgehead atoms. The maximum Gasteiger partial charge on any atom is 0.225 e. The third-order valence-electron chi connectivity index (χ3n) is 4.57. The molecule has 146 valence electrons. The monoisotopic (exact) mass is 421 g/mol. The third-order valence-corrected chi connectivity index (χ3v) is 5.81. The highest BCUT2D eigenvalue weighted by molar-refractivity contribution is 7.99. The van der Waals surface area contributed by atoms with E-state index in [9.17, 15) is 10.1 Å². The number of nitriles is 1. The number of hydrogen-bond donors (Lipinski definition) is 1. The molecule has 0 unspecified atom stereocenters. The van der Waals surface area contributed by atoms with E-state index in [4.69, 9.17) is 11.6 Å². The van der Waals surface area contributed by atoms with Gasteiger partial charge in [0.15, 0.2) is 0 Å². The second-order valence-electron chi connectivity index (χ2n) is 6.56. The molecule has 0 atom stereocenters. The van der Waals surface area contributed by atoms with E-state index in [-0.39, 0.29) is 5.91 Å². The van der Waals surface area contributed by atoms with Crippen molar-refractivity contribution in [3.8, 4) is 17.3 Å². The van der Waals surface area contributed by atoms with Crippen LogP contribution < -0.4 is 5.32 Å². The number of aryl methyl sites for hydroxylation is 1. The highest BCUT2D eigenvalue weighted by Crippen LogP contribution is 2.27. The molecule has 1 amide bonds. The molecular formula is C23H20ClN3OS. The number of benzene rings is 2. The molecule has 0 aliphatic heterocycles. The van der Waals surface area contributed by atoms with Gasteiger partial charge in [0.1, 0.15) is 11.1 Å². The van der Waals surface area contributed by atoms with Gasteiger partial charge in [0.2, 0.25) is 5.91 Å². The molecule has 0 spiro atoms. The standard InChI is InChI=1S/C23H20ClN3OS/c1-15-4-3-5-20(16(15)2)26-22(28)12-13-29-23-18(14-25)8-11-21(27-23)17-6-9-19(24)10-7-17/h3-11H,12-13H2,1-2H3,(H,26,28). The molecule has 0 aliphatic rings. The molecular weight excluding hydrogens is 402 g/mol. The lowest BCUT2D eigenvalue weighted by atomic mass is 10.1. The molecule has 0 fully saturated rings. The van der Waals surface area contributed by atoms with Crippen LogP contribution >= 0.6 is 23.4 Å². The fraction of sp³-hybridized carbons (Fsp3) is 0.174. The van der Waals surface area contributed by atoms with Gasteiger partial charge in [0, 0.05) is 28.4 Å². The number of amides is 1. The lowest BCUT2D eigenvalue weighted by molar-refractivity contribution is -0.115. The average molecular weight is 422 g/mol. The molecule has 29 heavy (non-hydrogen) atoms. The first-order valence-corrected chi connectivity index (χ1v) is 10.5. The lowest BCUT2D eigenvalue weighted by Crippen LogP contribution is -2.13. The number of nitrogens with one attached hydrogen (secondary N) is 1. The quantitative estimate of drug-likeness (QED) is 0.495. The summed E-state index contributed by atoms with van der Waals surface area (Å²) in [6, 6.07) is 19.0. The van der Waals surface area contributed by atoms with Crippen molar-refractivity contribution in [1.29, 1.82) is 5.26 Å². The molecule has 3 aromatic rings. The van der Waals surface area contributed by atoms with Crippen molar-refractivity contribution in [3.63, 3.8) is 0 Å². The second-order valence-corrected chi connectivity index (χ2v) is 8.08. The first kappa shape index (κ1) is 20.9. The van der Waals surface area contributed by atoms with Gasteiger partial charge in [-0.2, -0.15) is 5.26 Å². The highest BCUT2D eigenvalue weighted by atomic mass is 35.5. The molecule has 0 radical (unpaired) electrons. The van der Waals surface area contributed by atoms with Crippen LogP contribution in [0.3, 0.4) is 0 Å². The summed E-state index contributed by atoms with van der Waals surface area (Å²) in [6.45, 7) is 4.01. The van der Waals surface area contributed by atoms with Gasteiger partial charge in [0.25, 0.3) is 0 Å². The number of pyridine rings is 1. The summed E-state index contributed by atoms with van der Waals surface area (Å²) in [6.07, 6.45) is 0.329. The Morgan fingerprint density at radius 2 is 1.90 bits per heavy atom. The van der Waals surface area contributed by atoms with E-state index in [1.807, 2.05) is 50.2 Å². The number of hydrogen-bond acceptors (Lipinski definition) is 4. The zero-order valence-electron chi connectivity index (χ0n) is 16.2. The number of carbonyl (C=O) groups excluding carboxylic acids is 1. The van der Waals surface area contributed by atoms with Gasteiger partial charge in [-0.15, -0.1) is 11.8 Å². The smallest absolute Gasteiger partial charge is 0.225 e. The van der Waals surface area contributed by atoms with Crippen LogP contribution in [0.15, 0.2) is 59.6 Å². The first-order valence-electron chi connectivity index (χ1n) is 9.14. The molecule has 1 N–H and O–H groups in total. The summed E-state index contributed by atoms with van der Waals surface area (Å²) in [7, 11) is 0. The Labute approximate surface area is 179 Å². The number of nitrogens with zero attached hydrogens (tertiary/aromatic N) is 2. The number of halogens is 1. The number of rotatable bonds is 6. The van der Waals surface area contributed by atoms with Gasteiger partial charge in [-0.1, -0.05) is 35.9 Å². The van der Waals surface area contributed by atoms with Crippen LogP contribution in [0.5, 0.6) is 0 Å². The van der Waals surface area contributed by atoms with E-state index in [0.29, 0.717) is 27.8 Å². The molecule has 0 aliphatic carbocycles. The predicted molar refractivity (Wildman–Crippen MR) is 119 cm³/mol. The van der Waals surface area contributed by atoms with Gasteiger partial charge in [-0.25, -0.2) is 4.98 Å². The van der Waals surface area contributed by atoms with Gasteiger partial charge in [0.05, 0.1) is 11.3 Å². The van der Waals surface area contributed by atoms with E-state index in [1.165, 1.54) is 11.8 Å². The zero-order valence-corrected chi connectivity index (χ0v) is 17.8. The Balaban J connectivity index is 1.66. The minimum absolute atomic E-state index is 0.0569. The predicted octanol–water partition coefficient (Wildman–Crippen LogP) is 6.01. The van der Waals surface area contributed by atoms with Crippen molar-refractivity contribution in [2.75, 3.05) is 11.1 Å². The molecule has 6 heteroatoms. The maximum atomic E-state index is 12.3. The van der Waals surface area contributed by atoms with E-state index in [0.717, 1.165) is 28.1 Å². The molecule has 1 heterocycles. The fourth-order valence-electron chi connectivity index (χ4n) is 2.76. The van der Waals surface area contributed by atoms with Crippen molar-refractivity contribution in [1.82, 2.24) is 4.98 Å². The lowest BCUT2D eigenvalue weighted by Gasteiger charge is -2.10. The van der Waals surface area contributed by atoms with Crippen molar-refractivity contribution < 1.29 is 4.79 Å². The van der Waals surface area contributed by atoms with Crippen LogP contribution in [-0.4, -0.2) is 16.6 Å². The second kappa shape index (κ2) is 9.60. The number of carbonyl (C=O) groups is 1. The summed E-state index contributed by atoms with van der Waals surface area (Å²) >= 11 is 7.36. The third kappa shape index (κ3) is 5.38. The summed E-state index contributed by atoms with van der Waals surface area (Å²) < 4.78 is 0. The van der Waals surface area contributed by atoms with Gasteiger partial charge >= 0.3 is 0 Å². The Morgan fingerprint density at radius 1 is 1.14 bits per heavy atom. The van der Waals surface area contributed by atoms with E-state index >= 15 is 0 Å². The summed E-state index contributed by atoms with van der Waals surface area (Å²) in [5, 5.41) is 13.6. The summed E-state index contributed by atoms with van der Waals surface area (Å²) in [5.41, 5.74) is 5.23. The highest BCUT2D eigenvalue weighted by Gasteiger charge is 2.11. The van der Waals surface area contributed by atoms with Gasteiger partial charge in [-0.05, 0) is 55.3 Å². The van der Waals surface area contributed by atoms with Crippen LogP contribution in [0.4, 0.5) is 5.69 Å². The molecule has 1 aromatic heterocycles. The minimum Gasteiger partial charge on any atom is -0.326 e. The SMILES string of the molecule is Cc1cccc(NC(=O)CCSc2nc(-c3ccc(Cl)cc3)ccc2C#N)c1C. The molecule has 4 nitrogen and oxygen atoms in total. The van der Waals surface area contributed by atoms with Crippen molar-refractivity contribution in [2.45, 2.75) is 25.3 Å². The Kier molecular flexibility index (Phi) is 6.92. The Hall–Kier alpha value is -2.81. The van der Waals surface area contributed by atoms with E-state index < -0.39 is 0 Å². The van der Waals surface area contributed by atoms with E-state index in [2.05, 4.69) is 16.4 Å². The molecule has 0 saturated carbocycles. The largest absolute Gasteiger partial charge is 0.326 e. The first-order chi connectivity index (χ1) is 14.0. The van der Waals surface area contributed by atoms with Crippen LogP contribution in [0.1, 0.15) is 23.1 Å². The molecule has 0 saturated heterocycles. The van der Waals surface area contributed by atoms with Crippen LogP contribution in [-0.2, 0) is 4.79 Å². The minimum atomic E-state index is -0.0569. The Morgan fingerprint density at radius 3 is 2.62 bits per heavy atom. The van der Waals surface area contributed by atoms with Gasteiger partial charge in [-0.3, -0.25) is 4.79 Å². The van der Waals surface area contributed by atoms with Crippen LogP contribution in [0.25, 0.3) is 11.3 Å². The van der Waals surface area contributed by atoms with Gasteiger partial charge < -0.3 is 5.32 Å². The fourth-order valence-corrected chi connectivity index (χ4v) is 3.80. The summed E-state index contributed by atoms with van der Waals surface area (Å²) in [4.78, 5) is 16.9. The number of aromatic nitrogens is 1. The topological polar surface area (TPSA) is 65.8 Å². The van der Waals surface area contributed by atoms with Crippen LogP contribution in [0.2, 0.25) is 5.02 Å². The zero-order chi connectivity index (χ0) is 20.8. The normalized spacial score (nSPS) is 10.4. The van der Waals surface area contributed by atoms with Crippen molar-refractivity contribution in [3.05, 3.63) is 76.3 Å². The number of anilines is 1. The summed E-state index contributed by atoms with van der Waals surface area (Å²) in [5.74, 6) is 0.473. The van der Waals surface area contributed by atoms with Crippen molar-refractivity contribution >= 4 is 35.0 Å².